The molecule has 0 spiro atoms. The fourth-order valence-corrected chi connectivity index (χ4v) is 3.21. The first-order chi connectivity index (χ1) is 12.1. The van der Waals surface area contributed by atoms with Crippen LogP contribution in [0.1, 0.15) is 17.3 Å². The van der Waals surface area contributed by atoms with E-state index >= 15 is 0 Å². The lowest BCUT2D eigenvalue weighted by molar-refractivity contribution is 0.101. The number of benzene rings is 2. The van der Waals surface area contributed by atoms with Crippen molar-refractivity contribution in [2.75, 3.05) is 12.4 Å². The lowest BCUT2D eigenvalue weighted by atomic mass is 10.1. The highest BCUT2D eigenvalue weighted by Crippen LogP contribution is 2.24. The molecule has 0 aliphatic heterocycles. The van der Waals surface area contributed by atoms with Crippen LogP contribution in [0.2, 0.25) is 0 Å². The minimum Gasteiger partial charge on any atom is -0.491 e. The molecule has 0 saturated heterocycles. The Morgan fingerprint density at radius 3 is 2.88 bits per heavy atom. The Morgan fingerprint density at radius 2 is 2.04 bits per heavy atom. The summed E-state index contributed by atoms with van der Waals surface area (Å²) in [5.74, 6) is 1.01. The number of thioether (sulfide) groups is 1. The van der Waals surface area contributed by atoms with Crippen molar-refractivity contribution < 1.29 is 14.6 Å². The third kappa shape index (κ3) is 4.55. The average Bonchev–Trinajstić information content (AvgIpc) is 2.65. The van der Waals surface area contributed by atoms with Crippen LogP contribution in [0, 0.1) is 0 Å². The number of carbonyl (C=O) groups is 1. The number of ketones is 1. The molecule has 6 heteroatoms. The predicted octanol–water partition coefficient (Wildman–Crippen LogP) is 3.36. The van der Waals surface area contributed by atoms with Gasteiger partial charge in [-0.15, -0.1) is 11.8 Å². The Labute approximate surface area is 150 Å². The van der Waals surface area contributed by atoms with Gasteiger partial charge in [0.1, 0.15) is 23.7 Å². The lowest BCUT2D eigenvalue weighted by Gasteiger charge is -2.13. The summed E-state index contributed by atoms with van der Waals surface area (Å²) in [6.45, 7) is 1.66. The van der Waals surface area contributed by atoms with Crippen LogP contribution in [0.3, 0.4) is 0 Å². The summed E-state index contributed by atoms with van der Waals surface area (Å²) in [5, 5.41) is 12.0. The summed E-state index contributed by atoms with van der Waals surface area (Å²) in [7, 11) is 0. The van der Waals surface area contributed by atoms with Gasteiger partial charge in [-0.1, -0.05) is 30.3 Å². The molecule has 0 aliphatic rings. The maximum absolute atomic E-state index is 11.4. The Bertz CT molecular complexity index is 880. The number of aromatic nitrogens is 2. The maximum atomic E-state index is 11.4. The molecule has 1 atom stereocenters. The van der Waals surface area contributed by atoms with Crippen molar-refractivity contribution in [2.24, 2.45) is 0 Å². The second-order valence-electron chi connectivity index (χ2n) is 5.56. The Kier molecular flexibility index (Phi) is 5.63. The third-order valence-electron chi connectivity index (χ3n) is 3.60. The summed E-state index contributed by atoms with van der Waals surface area (Å²) in [6.07, 6.45) is 0.876. The minimum atomic E-state index is -0.653. The molecular formula is C19H18N2O3S. The van der Waals surface area contributed by atoms with E-state index in [2.05, 4.69) is 9.97 Å². The first-order valence-electron chi connectivity index (χ1n) is 7.88. The molecule has 0 unspecified atom stereocenters. The van der Waals surface area contributed by atoms with E-state index in [1.165, 1.54) is 25.0 Å². The summed E-state index contributed by atoms with van der Waals surface area (Å²) < 4.78 is 5.59. The molecule has 1 aromatic heterocycles. The standard InChI is InChI=1S/C19H18N2O3S/c1-13(22)14-5-4-6-16(9-14)24-10-15(23)11-25-19-17-7-2-3-8-18(17)20-12-21-19/h2-9,12,15,23H,10-11H2,1H3/t15-/m0/s1. The zero-order valence-corrected chi connectivity index (χ0v) is 14.6. The number of carbonyl (C=O) groups excluding carboxylic acids is 1. The Morgan fingerprint density at radius 1 is 1.20 bits per heavy atom. The molecule has 0 aliphatic carbocycles. The van der Waals surface area contributed by atoms with Crippen LogP contribution in [0.5, 0.6) is 5.75 Å². The monoisotopic (exact) mass is 354 g/mol. The average molecular weight is 354 g/mol. The largest absolute Gasteiger partial charge is 0.491 e. The normalized spacial score (nSPS) is 12.1. The maximum Gasteiger partial charge on any atom is 0.159 e. The number of hydrogen-bond acceptors (Lipinski definition) is 6. The summed E-state index contributed by atoms with van der Waals surface area (Å²) in [6, 6.07) is 14.7. The van der Waals surface area contributed by atoms with Crippen molar-refractivity contribution in [2.45, 2.75) is 18.1 Å². The van der Waals surface area contributed by atoms with Gasteiger partial charge in [-0.05, 0) is 25.1 Å². The molecule has 2 aromatic carbocycles. The van der Waals surface area contributed by atoms with Gasteiger partial charge in [0.15, 0.2) is 5.78 Å². The van der Waals surface area contributed by atoms with Crippen LogP contribution in [0.25, 0.3) is 10.9 Å². The second kappa shape index (κ2) is 8.09. The number of aliphatic hydroxyl groups is 1. The van der Waals surface area contributed by atoms with Crippen LogP contribution in [0.4, 0.5) is 0 Å². The number of rotatable bonds is 7. The van der Waals surface area contributed by atoms with E-state index in [9.17, 15) is 9.90 Å². The van der Waals surface area contributed by atoms with Crippen LogP contribution in [-0.2, 0) is 0 Å². The van der Waals surface area contributed by atoms with Crippen LogP contribution in [-0.4, -0.2) is 39.3 Å². The minimum absolute atomic E-state index is 0.0165. The molecule has 0 bridgehead atoms. The number of hydrogen-bond donors (Lipinski definition) is 1. The van der Waals surface area contributed by atoms with E-state index < -0.39 is 6.10 Å². The molecular weight excluding hydrogens is 336 g/mol. The van der Waals surface area contributed by atoms with Crippen molar-refractivity contribution in [3.63, 3.8) is 0 Å². The Hall–Kier alpha value is -2.44. The first kappa shape index (κ1) is 17.4. The van der Waals surface area contributed by atoms with Gasteiger partial charge in [-0.2, -0.15) is 0 Å². The molecule has 0 fully saturated rings. The molecule has 3 rings (SSSR count). The van der Waals surface area contributed by atoms with Crippen molar-refractivity contribution in [3.8, 4) is 5.75 Å². The SMILES string of the molecule is CC(=O)c1cccc(OC[C@H](O)CSc2ncnc3ccccc23)c1. The van der Waals surface area contributed by atoms with Crippen molar-refractivity contribution >= 4 is 28.4 Å². The molecule has 1 heterocycles. The van der Waals surface area contributed by atoms with E-state index in [4.69, 9.17) is 4.74 Å². The van der Waals surface area contributed by atoms with E-state index in [0.29, 0.717) is 17.1 Å². The molecule has 0 amide bonds. The zero-order valence-electron chi connectivity index (χ0n) is 13.8. The van der Waals surface area contributed by atoms with Crippen LogP contribution < -0.4 is 4.74 Å². The number of aliphatic hydroxyl groups excluding tert-OH is 1. The molecule has 1 N–H and O–H groups in total. The molecule has 128 valence electrons. The van der Waals surface area contributed by atoms with Gasteiger partial charge in [0.05, 0.1) is 11.6 Å². The highest BCUT2D eigenvalue weighted by molar-refractivity contribution is 7.99. The van der Waals surface area contributed by atoms with Crippen LogP contribution in [0.15, 0.2) is 59.9 Å². The van der Waals surface area contributed by atoms with Gasteiger partial charge in [-0.25, -0.2) is 9.97 Å². The summed E-state index contributed by atoms with van der Waals surface area (Å²) >= 11 is 1.47. The highest BCUT2D eigenvalue weighted by atomic mass is 32.2. The van der Waals surface area contributed by atoms with E-state index in [-0.39, 0.29) is 12.4 Å². The van der Waals surface area contributed by atoms with E-state index in [0.717, 1.165) is 15.9 Å². The van der Waals surface area contributed by atoms with E-state index in [1.54, 1.807) is 24.3 Å². The quantitative estimate of drug-likeness (QED) is 0.398. The first-order valence-corrected chi connectivity index (χ1v) is 8.86. The van der Waals surface area contributed by atoms with Gasteiger partial charge >= 0.3 is 0 Å². The van der Waals surface area contributed by atoms with E-state index in [1.807, 2.05) is 24.3 Å². The summed E-state index contributed by atoms with van der Waals surface area (Å²) in [4.78, 5) is 19.9. The second-order valence-corrected chi connectivity index (χ2v) is 6.56. The molecule has 0 radical (unpaired) electrons. The molecule has 3 aromatic rings. The number of para-hydroxylation sites is 1. The van der Waals surface area contributed by atoms with Gasteiger partial charge < -0.3 is 9.84 Å². The van der Waals surface area contributed by atoms with Gasteiger partial charge in [-0.3, -0.25) is 4.79 Å². The molecule has 25 heavy (non-hydrogen) atoms. The summed E-state index contributed by atoms with van der Waals surface area (Å²) in [5.41, 5.74) is 1.47. The van der Waals surface area contributed by atoms with Crippen molar-refractivity contribution in [1.82, 2.24) is 9.97 Å². The molecule has 5 nitrogen and oxygen atoms in total. The third-order valence-corrected chi connectivity index (χ3v) is 4.75. The van der Waals surface area contributed by atoms with Crippen molar-refractivity contribution in [3.05, 3.63) is 60.4 Å². The fourth-order valence-electron chi connectivity index (χ4n) is 2.32. The lowest BCUT2D eigenvalue weighted by Crippen LogP contribution is -2.20. The van der Waals surface area contributed by atoms with Gasteiger partial charge in [0.25, 0.3) is 0 Å². The van der Waals surface area contributed by atoms with Crippen LogP contribution >= 0.6 is 11.8 Å². The highest BCUT2D eigenvalue weighted by Gasteiger charge is 2.10. The van der Waals surface area contributed by atoms with Crippen molar-refractivity contribution in [1.29, 1.82) is 0 Å². The Balaban J connectivity index is 1.57. The fraction of sp³-hybridized carbons (Fsp3) is 0.211. The molecule has 0 saturated carbocycles. The zero-order chi connectivity index (χ0) is 17.6. The van der Waals surface area contributed by atoms with Gasteiger partial charge in [0.2, 0.25) is 0 Å². The number of fused-ring (bicyclic) bond motifs is 1. The topological polar surface area (TPSA) is 72.3 Å². The smallest absolute Gasteiger partial charge is 0.159 e. The number of Topliss-reactive ketones (excluding diaryl/α,β-unsaturated/α-hetero) is 1. The predicted molar refractivity (Wildman–Crippen MR) is 98.2 cm³/mol. The number of nitrogens with zero attached hydrogens (tertiary/aromatic N) is 2. The van der Waals surface area contributed by atoms with Gasteiger partial charge in [0, 0.05) is 16.7 Å². The number of ether oxygens (including phenoxy) is 1.